The van der Waals surface area contributed by atoms with Crippen molar-refractivity contribution in [1.29, 1.82) is 5.26 Å². The molecule has 0 atom stereocenters. The lowest BCUT2D eigenvalue weighted by Crippen LogP contribution is -1.89. The second kappa shape index (κ2) is 4.54. The Morgan fingerprint density at radius 2 is 2.11 bits per heavy atom. The maximum atomic E-state index is 9.19. The average molecular weight is 289 g/mol. The fraction of sp³-hybridized carbons (Fsp3) is 0. The first-order valence-corrected chi connectivity index (χ1v) is 6.15. The highest BCUT2D eigenvalue weighted by atomic mass is 35.5. The summed E-state index contributed by atoms with van der Waals surface area (Å²) in [7, 11) is 0. The zero-order valence-corrected chi connectivity index (χ0v) is 11.0. The third-order valence-corrected chi connectivity index (χ3v) is 3.25. The van der Waals surface area contributed by atoms with Gasteiger partial charge in [-0.2, -0.15) is 5.26 Å². The number of halogens is 2. The molecule has 1 aromatic carbocycles. The first kappa shape index (κ1) is 12.0. The Kier molecular flexibility index (Phi) is 2.86. The van der Waals surface area contributed by atoms with Crippen molar-refractivity contribution in [2.45, 2.75) is 0 Å². The Labute approximate surface area is 118 Å². The van der Waals surface area contributed by atoms with Gasteiger partial charge < -0.3 is 4.98 Å². The number of nitrogens with one attached hydrogen (secondary N) is 1. The molecule has 0 aliphatic carbocycles. The van der Waals surface area contributed by atoms with Gasteiger partial charge in [-0.3, -0.25) is 0 Å². The molecule has 1 N–H and O–H groups in total. The molecule has 0 aliphatic rings. The van der Waals surface area contributed by atoms with Gasteiger partial charge in [-0.05, 0) is 23.7 Å². The van der Waals surface area contributed by atoms with Crippen LogP contribution in [0.2, 0.25) is 10.3 Å². The number of benzene rings is 1. The minimum absolute atomic E-state index is 0.114. The normalized spacial score (nSPS) is 10.6. The van der Waals surface area contributed by atoms with Crippen molar-refractivity contribution in [3.8, 4) is 17.3 Å². The van der Waals surface area contributed by atoms with Gasteiger partial charge in [-0.25, -0.2) is 9.97 Å². The minimum atomic E-state index is 0.114. The SMILES string of the molecule is N#Cc1cccc2[nH]cc(-c3nc(Cl)ncc3Cl)c12. The molecular formula is C13H6Cl2N4. The van der Waals surface area contributed by atoms with Crippen LogP contribution in [-0.4, -0.2) is 15.0 Å². The highest BCUT2D eigenvalue weighted by Crippen LogP contribution is 2.33. The number of nitrogens with zero attached hydrogens (tertiary/aromatic N) is 3. The molecule has 92 valence electrons. The molecule has 0 amide bonds. The zero-order chi connectivity index (χ0) is 13.4. The standard InChI is InChI=1S/C13H6Cl2N4/c14-9-6-18-13(15)19-12(9)8-5-17-10-3-1-2-7(4-16)11(8)10/h1-3,5-6,17H. The summed E-state index contributed by atoms with van der Waals surface area (Å²) in [4.78, 5) is 11.0. The molecule has 0 bridgehead atoms. The fourth-order valence-electron chi connectivity index (χ4n) is 2.00. The van der Waals surface area contributed by atoms with Crippen LogP contribution in [0.1, 0.15) is 5.56 Å². The summed E-state index contributed by atoms with van der Waals surface area (Å²) in [6.07, 6.45) is 3.20. The van der Waals surface area contributed by atoms with Crippen LogP contribution in [0.25, 0.3) is 22.2 Å². The number of aromatic amines is 1. The number of H-pyrrole nitrogens is 1. The molecule has 6 heteroatoms. The Balaban J connectivity index is 2.38. The average Bonchev–Trinajstić information content (AvgIpc) is 2.85. The molecule has 0 radical (unpaired) electrons. The first-order chi connectivity index (χ1) is 9.20. The second-order valence-corrected chi connectivity index (χ2v) is 4.62. The van der Waals surface area contributed by atoms with Crippen molar-refractivity contribution in [1.82, 2.24) is 15.0 Å². The minimum Gasteiger partial charge on any atom is -0.360 e. The summed E-state index contributed by atoms with van der Waals surface area (Å²) in [6.45, 7) is 0. The summed E-state index contributed by atoms with van der Waals surface area (Å²) in [6, 6.07) is 7.61. The third-order valence-electron chi connectivity index (χ3n) is 2.80. The lowest BCUT2D eigenvalue weighted by Gasteiger charge is -2.03. The van der Waals surface area contributed by atoms with E-state index in [1.807, 2.05) is 12.1 Å². The summed E-state index contributed by atoms with van der Waals surface area (Å²) in [5.41, 5.74) is 2.65. The predicted molar refractivity (Wildman–Crippen MR) is 74.1 cm³/mol. The van der Waals surface area contributed by atoms with Crippen LogP contribution in [-0.2, 0) is 0 Å². The Morgan fingerprint density at radius 1 is 1.26 bits per heavy atom. The van der Waals surface area contributed by atoms with Crippen molar-refractivity contribution in [2.75, 3.05) is 0 Å². The number of hydrogen-bond acceptors (Lipinski definition) is 3. The van der Waals surface area contributed by atoms with Crippen LogP contribution in [0, 0.1) is 11.3 Å². The summed E-state index contributed by atoms with van der Waals surface area (Å²) < 4.78 is 0. The topological polar surface area (TPSA) is 65.4 Å². The van der Waals surface area contributed by atoms with Crippen LogP contribution < -0.4 is 0 Å². The lowest BCUT2D eigenvalue weighted by atomic mass is 10.1. The van der Waals surface area contributed by atoms with Crippen molar-refractivity contribution < 1.29 is 0 Å². The van der Waals surface area contributed by atoms with Crippen LogP contribution >= 0.6 is 23.2 Å². The van der Waals surface area contributed by atoms with E-state index in [1.54, 1.807) is 12.3 Å². The second-order valence-electron chi connectivity index (χ2n) is 3.88. The van der Waals surface area contributed by atoms with E-state index in [9.17, 15) is 5.26 Å². The van der Waals surface area contributed by atoms with Gasteiger partial charge in [-0.1, -0.05) is 17.7 Å². The van der Waals surface area contributed by atoms with Crippen molar-refractivity contribution >= 4 is 34.1 Å². The van der Waals surface area contributed by atoms with Gasteiger partial charge in [0, 0.05) is 22.7 Å². The maximum Gasteiger partial charge on any atom is 0.222 e. The molecule has 3 rings (SSSR count). The van der Waals surface area contributed by atoms with Gasteiger partial charge in [0.1, 0.15) is 0 Å². The third kappa shape index (κ3) is 1.93. The number of hydrogen-bond donors (Lipinski definition) is 1. The van der Waals surface area contributed by atoms with E-state index in [1.165, 1.54) is 6.20 Å². The highest BCUT2D eigenvalue weighted by Gasteiger charge is 2.14. The molecule has 0 fully saturated rings. The summed E-state index contributed by atoms with van der Waals surface area (Å²) >= 11 is 11.9. The molecule has 4 nitrogen and oxygen atoms in total. The van der Waals surface area contributed by atoms with E-state index in [0.717, 1.165) is 16.5 Å². The fourth-order valence-corrected chi connectivity index (χ4v) is 2.33. The smallest absolute Gasteiger partial charge is 0.222 e. The Bertz CT molecular complexity index is 817. The predicted octanol–water partition coefficient (Wildman–Crippen LogP) is 3.80. The van der Waals surface area contributed by atoms with Crippen LogP contribution in [0.15, 0.2) is 30.6 Å². The van der Waals surface area contributed by atoms with E-state index < -0.39 is 0 Å². The van der Waals surface area contributed by atoms with Crippen molar-refractivity contribution in [2.24, 2.45) is 0 Å². The van der Waals surface area contributed by atoms with E-state index in [-0.39, 0.29) is 5.28 Å². The Morgan fingerprint density at radius 3 is 2.89 bits per heavy atom. The molecule has 0 spiro atoms. The molecule has 0 saturated carbocycles. The quantitative estimate of drug-likeness (QED) is 0.693. The number of rotatable bonds is 1. The molecule has 19 heavy (non-hydrogen) atoms. The van der Waals surface area contributed by atoms with Gasteiger partial charge in [0.25, 0.3) is 0 Å². The van der Waals surface area contributed by atoms with Gasteiger partial charge >= 0.3 is 0 Å². The summed E-state index contributed by atoms with van der Waals surface area (Å²) in [5, 5.41) is 10.5. The van der Waals surface area contributed by atoms with Gasteiger partial charge in [0.2, 0.25) is 5.28 Å². The number of aromatic nitrogens is 3. The van der Waals surface area contributed by atoms with Gasteiger partial charge in [0.15, 0.2) is 0 Å². The van der Waals surface area contributed by atoms with Gasteiger partial charge in [0.05, 0.1) is 28.5 Å². The van der Waals surface area contributed by atoms with Gasteiger partial charge in [-0.15, -0.1) is 0 Å². The molecule has 2 heterocycles. The molecule has 0 unspecified atom stereocenters. The van der Waals surface area contributed by atoms with E-state index in [2.05, 4.69) is 21.0 Å². The van der Waals surface area contributed by atoms with Crippen LogP contribution in [0.4, 0.5) is 0 Å². The monoisotopic (exact) mass is 288 g/mol. The molecule has 0 aliphatic heterocycles. The molecule has 2 aromatic heterocycles. The number of nitriles is 1. The van der Waals surface area contributed by atoms with Crippen molar-refractivity contribution in [3.63, 3.8) is 0 Å². The van der Waals surface area contributed by atoms with Crippen molar-refractivity contribution in [3.05, 3.63) is 46.5 Å². The van der Waals surface area contributed by atoms with E-state index in [4.69, 9.17) is 23.2 Å². The molecule has 0 saturated heterocycles. The zero-order valence-electron chi connectivity index (χ0n) is 9.48. The lowest BCUT2D eigenvalue weighted by molar-refractivity contribution is 1.17. The van der Waals surface area contributed by atoms with E-state index >= 15 is 0 Å². The molecular weight excluding hydrogens is 283 g/mol. The van der Waals surface area contributed by atoms with Crippen LogP contribution in [0.3, 0.4) is 0 Å². The summed E-state index contributed by atoms with van der Waals surface area (Å²) in [5.74, 6) is 0. The van der Waals surface area contributed by atoms with Crippen LogP contribution in [0.5, 0.6) is 0 Å². The first-order valence-electron chi connectivity index (χ1n) is 5.39. The highest BCUT2D eigenvalue weighted by molar-refractivity contribution is 6.34. The maximum absolute atomic E-state index is 9.19. The number of fused-ring (bicyclic) bond motifs is 1. The molecule has 3 aromatic rings. The largest absolute Gasteiger partial charge is 0.360 e. The van der Waals surface area contributed by atoms with E-state index in [0.29, 0.717) is 16.3 Å². The Hall–Kier alpha value is -2.09.